The predicted octanol–water partition coefficient (Wildman–Crippen LogP) is 2.79. The van der Waals surface area contributed by atoms with Crippen LogP contribution in [0.5, 0.6) is 0 Å². The number of hydrogen-bond acceptors (Lipinski definition) is 4. The molecule has 0 amide bonds. The molecule has 0 aromatic carbocycles. The fraction of sp³-hybridized carbons (Fsp3) is 0.429. The third kappa shape index (κ3) is 3.12. The first kappa shape index (κ1) is 16.8. The van der Waals surface area contributed by atoms with Crippen LogP contribution >= 0.6 is 0 Å². The lowest BCUT2D eigenvalue weighted by Crippen LogP contribution is -2.43. The fourth-order valence-electron chi connectivity index (χ4n) is 2.52. The first-order chi connectivity index (χ1) is 10.2. The zero-order valence-electron chi connectivity index (χ0n) is 12.0. The van der Waals surface area contributed by atoms with Crippen molar-refractivity contribution in [3.05, 3.63) is 47.3 Å². The molecule has 0 spiro atoms. The second-order valence-electron chi connectivity index (χ2n) is 5.02. The highest BCUT2D eigenvalue weighted by Gasteiger charge is 2.50. The number of halogens is 3. The number of rotatable bonds is 3. The smallest absolute Gasteiger partial charge is 0.380 e. The van der Waals surface area contributed by atoms with E-state index < -0.39 is 21.5 Å². The molecule has 1 aliphatic carbocycles. The number of allylic oxidation sites excluding steroid dienone is 3. The minimum Gasteiger partial charge on any atom is -0.380 e. The maximum absolute atomic E-state index is 12.5. The first-order valence-corrected chi connectivity index (χ1v) is 8.03. The molecule has 1 heterocycles. The van der Waals surface area contributed by atoms with Gasteiger partial charge in [0, 0.05) is 12.6 Å². The van der Waals surface area contributed by atoms with E-state index in [1.165, 1.54) is 13.0 Å². The molecule has 2 aliphatic rings. The summed E-state index contributed by atoms with van der Waals surface area (Å²) >= 11 is 0. The normalized spacial score (nSPS) is 26.1. The van der Waals surface area contributed by atoms with Gasteiger partial charge in [-0.3, -0.25) is 0 Å². The molecule has 1 unspecified atom stereocenters. The van der Waals surface area contributed by atoms with Gasteiger partial charge in [-0.2, -0.15) is 21.6 Å². The van der Waals surface area contributed by atoms with Crippen molar-refractivity contribution in [3.8, 4) is 0 Å². The number of fused-ring (bicyclic) bond motifs is 1. The van der Waals surface area contributed by atoms with E-state index in [9.17, 15) is 21.6 Å². The molecule has 2 atom stereocenters. The molecule has 0 bridgehead atoms. The molecule has 122 valence electrons. The molecule has 0 fully saturated rings. The molecule has 4 nitrogen and oxygen atoms in total. The summed E-state index contributed by atoms with van der Waals surface area (Å²) in [6.45, 7) is 3.73. The molecular weight excluding hydrogens is 319 g/mol. The summed E-state index contributed by atoms with van der Waals surface area (Å²) in [5.74, 6) is -0.837. The molecule has 1 aliphatic heterocycles. The van der Waals surface area contributed by atoms with Gasteiger partial charge < -0.3 is 9.50 Å². The van der Waals surface area contributed by atoms with Gasteiger partial charge in [0.05, 0.1) is 5.92 Å². The first-order valence-electron chi connectivity index (χ1n) is 6.62. The minimum absolute atomic E-state index is 0.232. The summed E-state index contributed by atoms with van der Waals surface area (Å²) < 4.78 is 64.5. The Kier molecular flexibility index (Phi) is 4.53. The van der Waals surface area contributed by atoms with Gasteiger partial charge in [-0.1, -0.05) is 29.9 Å². The van der Waals surface area contributed by atoms with E-state index in [4.69, 9.17) is 0 Å². The van der Waals surface area contributed by atoms with Crippen molar-refractivity contribution < 1.29 is 25.8 Å². The maximum Gasteiger partial charge on any atom is 0.534 e. The summed E-state index contributed by atoms with van der Waals surface area (Å²) in [7, 11) is -5.68. The highest BCUT2D eigenvalue weighted by molar-refractivity contribution is 7.87. The lowest BCUT2D eigenvalue weighted by atomic mass is 9.80. The molecule has 0 radical (unpaired) electrons. The minimum atomic E-state index is -5.68. The number of nitrogens with one attached hydrogen (secondary N) is 1. The molecule has 0 saturated heterocycles. The topological polar surface area (TPSA) is 55.4 Å². The predicted molar refractivity (Wildman–Crippen MR) is 76.1 cm³/mol. The maximum atomic E-state index is 12.5. The van der Waals surface area contributed by atoms with E-state index >= 15 is 0 Å². The molecular formula is C14H16F3NO3S. The van der Waals surface area contributed by atoms with Crippen molar-refractivity contribution in [3.63, 3.8) is 0 Å². The lowest BCUT2D eigenvalue weighted by molar-refractivity contribution is -0.0526. The van der Waals surface area contributed by atoms with E-state index in [0.29, 0.717) is 6.54 Å². The van der Waals surface area contributed by atoms with Crippen molar-refractivity contribution in [1.82, 2.24) is 5.32 Å². The van der Waals surface area contributed by atoms with E-state index in [1.54, 1.807) is 13.0 Å². The quantitative estimate of drug-likeness (QED) is 0.489. The zero-order valence-corrected chi connectivity index (χ0v) is 12.8. The molecule has 0 saturated carbocycles. The van der Waals surface area contributed by atoms with E-state index in [2.05, 4.69) is 9.50 Å². The Bertz CT molecular complexity index is 672. The molecule has 0 aromatic rings. The lowest BCUT2D eigenvalue weighted by Gasteiger charge is -2.35. The van der Waals surface area contributed by atoms with Gasteiger partial charge in [-0.25, -0.2) is 0 Å². The Morgan fingerprint density at radius 3 is 2.68 bits per heavy atom. The van der Waals surface area contributed by atoms with Gasteiger partial charge >= 0.3 is 15.6 Å². The van der Waals surface area contributed by atoms with Gasteiger partial charge in [-0.15, -0.1) is 0 Å². The van der Waals surface area contributed by atoms with Crippen LogP contribution in [0.2, 0.25) is 0 Å². The second-order valence-corrected chi connectivity index (χ2v) is 6.56. The zero-order chi connectivity index (χ0) is 16.5. The number of alkyl halides is 3. The molecule has 0 aromatic heterocycles. The van der Waals surface area contributed by atoms with E-state index in [1.807, 2.05) is 18.2 Å². The van der Waals surface area contributed by atoms with Gasteiger partial charge in [0.15, 0.2) is 0 Å². The Balaban J connectivity index is 2.34. The van der Waals surface area contributed by atoms with Gasteiger partial charge in [0.25, 0.3) is 0 Å². The van der Waals surface area contributed by atoms with Crippen LogP contribution in [0.15, 0.2) is 47.3 Å². The van der Waals surface area contributed by atoms with E-state index in [0.717, 1.165) is 11.1 Å². The van der Waals surface area contributed by atoms with Crippen molar-refractivity contribution >= 4 is 10.1 Å². The Morgan fingerprint density at radius 2 is 2.09 bits per heavy atom. The van der Waals surface area contributed by atoms with Crippen molar-refractivity contribution in [2.75, 3.05) is 6.54 Å². The number of hydrogen-bond donors (Lipinski definition) is 1. The summed E-state index contributed by atoms with van der Waals surface area (Å²) in [5.41, 5.74) is -3.86. The van der Waals surface area contributed by atoms with Crippen molar-refractivity contribution in [2.45, 2.75) is 25.4 Å². The molecule has 1 N–H and O–H groups in total. The standard InChI is InChI=1S/C14H16F3NO3S/c1-3-11(21-22(19,20)14(15,16)17)12-9(2)6-7-10-5-4-8-18-13(10)12/h3-7,12-13,18H,8H2,1-2H3/b11-3+/t12-,13?/m1/s1. The van der Waals surface area contributed by atoms with Gasteiger partial charge in [0.2, 0.25) is 0 Å². The Labute approximate surface area is 127 Å². The second kappa shape index (κ2) is 5.92. The summed E-state index contributed by atoms with van der Waals surface area (Å²) in [4.78, 5) is 0. The highest BCUT2D eigenvalue weighted by atomic mass is 32.2. The fourth-order valence-corrected chi connectivity index (χ4v) is 3.07. The summed E-state index contributed by atoms with van der Waals surface area (Å²) in [5, 5.41) is 3.15. The van der Waals surface area contributed by atoms with Crippen LogP contribution in [-0.4, -0.2) is 26.5 Å². The van der Waals surface area contributed by atoms with Gasteiger partial charge in [0.1, 0.15) is 5.76 Å². The average molecular weight is 335 g/mol. The monoisotopic (exact) mass is 335 g/mol. The van der Waals surface area contributed by atoms with Crippen LogP contribution in [0.3, 0.4) is 0 Å². The molecule has 8 heteroatoms. The van der Waals surface area contributed by atoms with Crippen LogP contribution in [0, 0.1) is 5.92 Å². The summed E-state index contributed by atoms with van der Waals surface area (Å²) in [6.07, 6.45) is 8.61. The van der Waals surface area contributed by atoms with Crippen LogP contribution < -0.4 is 5.32 Å². The highest BCUT2D eigenvalue weighted by Crippen LogP contribution is 2.36. The van der Waals surface area contributed by atoms with Crippen LogP contribution in [0.4, 0.5) is 13.2 Å². The van der Waals surface area contributed by atoms with Crippen molar-refractivity contribution in [2.24, 2.45) is 5.92 Å². The Morgan fingerprint density at radius 1 is 1.41 bits per heavy atom. The average Bonchev–Trinajstić information content (AvgIpc) is 2.44. The summed E-state index contributed by atoms with van der Waals surface area (Å²) in [6, 6.07) is -0.315. The van der Waals surface area contributed by atoms with Crippen LogP contribution in [0.25, 0.3) is 0 Å². The largest absolute Gasteiger partial charge is 0.534 e. The van der Waals surface area contributed by atoms with Crippen LogP contribution in [0.1, 0.15) is 13.8 Å². The van der Waals surface area contributed by atoms with E-state index in [-0.39, 0.29) is 11.8 Å². The molecule has 22 heavy (non-hydrogen) atoms. The van der Waals surface area contributed by atoms with Gasteiger partial charge in [-0.05, 0) is 25.5 Å². The SMILES string of the molecule is C/C=C(/OS(=O)(=O)C(F)(F)F)[C@H]1C(C)=CC=C2C=CCNC21. The third-order valence-electron chi connectivity index (χ3n) is 3.57. The third-order valence-corrected chi connectivity index (χ3v) is 4.55. The van der Waals surface area contributed by atoms with Crippen LogP contribution in [-0.2, 0) is 14.3 Å². The van der Waals surface area contributed by atoms with Crippen molar-refractivity contribution in [1.29, 1.82) is 0 Å². The molecule has 2 rings (SSSR count). The Hall–Kier alpha value is -1.54.